The van der Waals surface area contributed by atoms with Crippen LogP contribution in [0.25, 0.3) is 0 Å². The van der Waals surface area contributed by atoms with Gasteiger partial charge in [0.15, 0.2) is 8.32 Å². The normalized spacial score (nSPS) is 15.0. The molecule has 1 unspecified atom stereocenters. The average molecular weight is 819 g/mol. The third-order valence-corrected chi connectivity index (χ3v) is 16.7. The Hall–Kier alpha value is -0.543. The van der Waals surface area contributed by atoms with Crippen molar-refractivity contribution < 1.29 is 32.2 Å². The van der Waals surface area contributed by atoms with Crippen molar-refractivity contribution in [1.82, 2.24) is 5.32 Å². The highest BCUT2D eigenvalue weighted by Gasteiger charge is 2.41. The first-order valence-electron chi connectivity index (χ1n) is 23.0. The van der Waals surface area contributed by atoms with E-state index in [-0.39, 0.29) is 24.2 Å². The Morgan fingerprint density at radius 3 is 1.55 bits per heavy atom. The molecule has 0 aliphatic carbocycles. The van der Waals surface area contributed by atoms with Crippen LogP contribution in [0.1, 0.15) is 202 Å². The van der Waals surface area contributed by atoms with E-state index < -0.39 is 28.3 Å². The topological polar surface area (TPSA) is 94.1 Å². The van der Waals surface area contributed by atoms with Gasteiger partial charge >= 0.3 is 7.82 Å². The van der Waals surface area contributed by atoms with E-state index in [2.05, 4.69) is 65.2 Å². The highest BCUT2D eigenvalue weighted by Crippen LogP contribution is 2.44. The van der Waals surface area contributed by atoms with Gasteiger partial charge in [0.25, 0.3) is 0 Å². The lowest BCUT2D eigenvalue weighted by atomic mass is 10.0. The summed E-state index contributed by atoms with van der Waals surface area (Å²) in [5.74, 6) is -0.0713. The Labute approximate surface area is 343 Å². The molecule has 3 atom stereocenters. The average Bonchev–Trinajstić information content (AvgIpc) is 3.09. The molecule has 10 heteroatoms. The zero-order valence-corrected chi connectivity index (χ0v) is 40.1. The molecule has 55 heavy (non-hydrogen) atoms. The molecule has 0 aliphatic heterocycles. The number of nitrogens with one attached hydrogen (secondary N) is 1. The molecule has 0 bridgehead atoms. The van der Waals surface area contributed by atoms with Gasteiger partial charge in [-0.05, 0) is 37.4 Å². The van der Waals surface area contributed by atoms with E-state index in [1.165, 1.54) is 128 Å². The molecule has 8 nitrogen and oxygen atoms in total. The fourth-order valence-corrected chi connectivity index (χ4v) is 8.38. The minimum Gasteiger partial charge on any atom is -0.408 e. The van der Waals surface area contributed by atoms with Gasteiger partial charge in [0.2, 0.25) is 5.91 Å². The first-order chi connectivity index (χ1) is 25.9. The predicted molar refractivity (Wildman–Crippen MR) is 239 cm³/mol. The molecule has 0 aromatic heterocycles. The first kappa shape index (κ1) is 54.5. The number of phosphoric acid groups is 1. The van der Waals surface area contributed by atoms with Gasteiger partial charge in [0, 0.05) is 6.42 Å². The molecule has 0 aromatic carbocycles. The van der Waals surface area contributed by atoms with E-state index >= 15 is 0 Å². The monoisotopic (exact) mass is 819 g/mol. The number of carbonyl (C=O) groups is 1. The summed E-state index contributed by atoms with van der Waals surface area (Å²) in [5.41, 5.74) is 0. The van der Waals surface area contributed by atoms with Crippen molar-refractivity contribution in [2.24, 2.45) is 0 Å². The fraction of sp³-hybridized carbons (Fsp3) is 0.933. The number of unbranched alkanes of at least 4 members (excludes halogenated alkanes) is 23. The molecule has 0 aliphatic rings. The quantitative estimate of drug-likeness (QED) is 0.0161. The van der Waals surface area contributed by atoms with Gasteiger partial charge in [-0.3, -0.25) is 13.8 Å². The highest BCUT2D eigenvalue weighted by atomic mass is 31.2. The minimum atomic E-state index is -4.34. The number of hydrogen-bond donors (Lipinski definition) is 2. The summed E-state index contributed by atoms with van der Waals surface area (Å²) in [6.07, 6.45) is 35.8. The number of quaternary nitrogens is 1. The molecule has 0 saturated carbocycles. The molecule has 0 rings (SSSR count). The van der Waals surface area contributed by atoms with E-state index in [0.29, 0.717) is 17.4 Å². The summed E-state index contributed by atoms with van der Waals surface area (Å²) < 4.78 is 31.5. The Morgan fingerprint density at radius 2 is 1.13 bits per heavy atom. The lowest BCUT2D eigenvalue weighted by Gasteiger charge is -2.40. The number of nitrogens with zero attached hydrogens (tertiary/aromatic N) is 1. The molecule has 0 radical (unpaired) electrons. The van der Waals surface area contributed by atoms with Crippen LogP contribution in [0.5, 0.6) is 0 Å². The van der Waals surface area contributed by atoms with Crippen molar-refractivity contribution in [2.75, 3.05) is 40.9 Å². The van der Waals surface area contributed by atoms with Crippen LogP contribution in [0.3, 0.4) is 0 Å². The van der Waals surface area contributed by atoms with E-state index in [0.717, 1.165) is 32.1 Å². The maximum Gasteiger partial charge on any atom is 0.472 e. The molecule has 0 aromatic rings. The van der Waals surface area contributed by atoms with Crippen LogP contribution in [0.4, 0.5) is 0 Å². The zero-order chi connectivity index (χ0) is 41.5. The lowest BCUT2D eigenvalue weighted by Crippen LogP contribution is -2.52. The summed E-state index contributed by atoms with van der Waals surface area (Å²) in [4.78, 5) is 24.0. The number of likely N-dealkylation sites (N-methyl/N-ethyl adjacent to an activating group) is 1. The molecule has 0 spiro atoms. The lowest BCUT2D eigenvalue weighted by molar-refractivity contribution is -0.870. The van der Waals surface area contributed by atoms with Crippen molar-refractivity contribution >= 4 is 22.0 Å². The molecule has 0 fully saturated rings. The maximum absolute atomic E-state index is 13.4. The Morgan fingerprint density at radius 1 is 0.709 bits per heavy atom. The molecule has 328 valence electrons. The Balaban J connectivity index is 5.34. The van der Waals surface area contributed by atoms with Gasteiger partial charge in [-0.2, -0.15) is 0 Å². The van der Waals surface area contributed by atoms with E-state index in [4.69, 9.17) is 13.5 Å². The fourth-order valence-electron chi connectivity index (χ4n) is 6.37. The van der Waals surface area contributed by atoms with Gasteiger partial charge in [-0.15, -0.1) is 0 Å². The number of phosphoric ester groups is 1. The van der Waals surface area contributed by atoms with E-state index in [9.17, 15) is 14.3 Å². The van der Waals surface area contributed by atoms with Crippen molar-refractivity contribution in [3.05, 3.63) is 12.2 Å². The molecular formula is C45H94N2O6PSi+. The molecule has 0 heterocycles. The van der Waals surface area contributed by atoms with Gasteiger partial charge in [0.1, 0.15) is 13.2 Å². The van der Waals surface area contributed by atoms with Gasteiger partial charge < -0.3 is 19.1 Å². The van der Waals surface area contributed by atoms with E-state index in [1.807, 2.05) is 21.1 Å². The number of carbonyl (C=O) groups excluding carboxylic acids is 1. The zero-order valence-electron chi connectivity index (χ0n) is 38.2. The SMILES string of the molecule is CCCCCCCCCCCCC/C=C/[C@@H](O[Si](C)(C)C(C)(C)C)[C@H](COP(=O)(O)OCC[N+](C)(C)C)NC(=O)CCCCCCCCCC[13CH2]CCCC. The van der Waals surface area contributed by atoms with Crippen LogP contribution in [0, 0.1) is 0 Å². The van der Waals surface area contributed by atoms with Crippen LogP contribution < -0.4 is 5.32 Å². The summed E-state index contributed by atoms with van der Waals surface area (Å²) >= 11 is 0. The third kappa shape index (κ3) is 33.0. The maximum atomic E-state index is 13.4. The molecule has 0 saturated heterocycles. The number of amides is 1. The second-order valence-electron chi connectivity index (χ2n) is 18.9. The third-order valence-electron chi connectivity index (χ3n) is 11.2. The predicted octanol–water partition coefficient (Wildman–Crippen LogP) is 13.4. The largest absolute Gasteiger partial charge is 0.472 e. The second-order valence-corrected chi connectivity index (χ2v) is 25.1. The van der Waals surface area contributed by atoms with Gasteiger partial charge in [0.05, 0.1) is 39.9 Å². The first-order valence-corrected chi connectivity index (χ1v) is 27.4. The second kappa shape index (κ2) is 32.3. The molecule has 1 amide bonds. The minimum absolute atomic E-state index is 0.0558. The van der Waals surface area contributed by atoms with Crippen molar-refractivity contribution in [1.29, 1.82) is 0 Å². The van der Waals surface area contributed by atoms with Gasteiger partial charge in [-0.1, -0.05) is 188 Å². The van der Waals surface area contributed by atoms with Crippen molar-refractivity contribution in [2.45, 2.75) is 232 Å². The summed E-state index contributed by atoms with van der Waals surface area (Å²) in [6, 6.07) is -0.625. The van der Waals surface area contributed by atoms with Crippen LogP contribution in [0.15, 0.2) is 12.2 Å². The van der Waals surface area contributed by atoms with Crippen molar-refractivity contribution in [3.8, 4) is 0 Å². The van der Waals surface area contributed by atoms with Crippen molar-refractivity contribution in [3.63, 3.8) is 0 Å². The standard InChI is InChI=1S/C45H93N2O6PSi/c1-11-13-15-17-19-21-23-25-27-29-31-33-35-37-43(53-55(9,10)45(3,4)5)42(41-52-54(49,50)51-40-39-47(6,7)8)46-44(48)38-36-34-32-30-28-26-24-22-20-18-16-14-12-2/h35,37,42-43H,11-34,36,38-41H2,1-10H3,(H-,46,48,49,50)/p+1/b37-35+/t42-,43+/m0/s1/i18+1. The van der Waals surface area contributed by atoms with E-state index in [1.54, 1.807) is 0 Å². The number of allylic oxidation sites excluding steroid dienone is 1. The highest BCUT2D eigenvalue weighted by molar-refractivity contribution is 7.47. The van der Waals surface area contributed by atoms with Crippen LogP contribution in [0.2, 0.25) is 18.1 Å². The summed E-state index contributed by atoms with van der Waals surface area (Å²) in [7, 11) is -0.625. The Bertz CT molecular complexity index is 997. The summed E-state index contributed by atoms with van der Waals surface area (Å²) in [6.45, 7) is 16.0. The molecular weight excluding hydrogens is 725 g/mol. The Kier molecular flexibility index (Phi) is 32.0. The summed E-state index contributed by atoms with van der Waals surface area (Å²) in [5, 5.41) is 3.12. The molecule has 2 N–H and O–H groups in total. The number of hydrogen-bond acceptors (Lipinski definition) is 5. The smallest absolute Gasteiger partial charge is 0.408 e. The van der Waals surface area contributed by atoms with Crippen LogP contribution in [-0.2, 0) is 22.8 Å². The number of rotatable bonds is 38. The van der Waals surface area contributed by atoms with Crippen LogP contribution in [-0.4, -0.2) is 76.6 Å². The van der Waals surface area contributed by atoms with Crippen LogP contribution >= 0.6 is 7.82 Å². The van der Waals surface area contributed by atoms with Gasteiger partial charge in [-0.25, -0.2) is 4.57 Å².